The molecular weight excluding hydrogens is 180 g/mol. The van der Waals surface area contributed by atoms with Crippen LogP contribution in [0.3, 0.4) is 0 Å². The van der Waals surface area contributed by atoms with E-state index in [4.69, 9.17) is 0 Å². The number of thiazole rings is 1. The maximum Gasteiger partial charge on any atom is 0.0791 e. The molecule has 3 heteroatoms. The highest BCUT2D eigenvalue weighted by Crippen LogP contribution is 2.01. The third kappa shape index (κ3) is 4.28. The number of nitrogens with one attached hydrogen (secondary N) is 1. The Labute approximate surface area is 82.3 Å². The molecule has 0 fully saturated rings. The summed E-state index contributed by atoms with van der Waals surface area (Å²) in [5.74, 6) is 0. The quantitative estimate of drug-likeness (QED) is 0.751. The lowest BCUT2D eigenvalue weighted by Gasteiger charge is -1.94. The zero-order valence-electron chi connectivity index (χ0n) is 7.47. The number of aromatic nitrogens is 1. The van der Waals surface area contributed by atoms with E-state index in [1.54, 1.807) is 23.0 Å². The molecule has 0 saturated carbocycles. The van der Waals surface area contributed by atoms with E-state index in [2.05, 4.69) is 10.3 Å². The molecule has 1 N–H and O–H groups in total. The molecule has 0 unspecified atom stereocenters. The third-order valence-electron chi connectivity index (χ3n) is 1.41. The summed E-state index contributed by atoms with van der Waals surface area (Å²) in [4.78, 5) is 3.74. The van der Waals surface area contributed by atoms with Crippen LogP contribution in [0.25, 0.3) is 0 Å². The number of hydrogen-bond donors (Lipinski definition) is 1. The van der Waals surface area contributed by atoms with E-state index >= 15 is 0 Å². The fraction of sp³-hybridized carbons (Fsp3) is 0.100. The largest absolute Gasteiger partial charge is 0.388 e. The molecule has 1 heterocycles. The molecule has 0 aliphatic carbocycles. The normalized spacial score (nSPS) is 8.38. The number of hydrogen-bond acceptors (Lipinski definition) is 3. The minimum atomic E-state index is 1.16. The van der Waals surface area contributed by atoms with E-state index in [0.29, 0.717) is 0 Å². The Hall–Kier alpha value is -1.35. The third-order valence-corrected chi connectivity index (χ3v) is 1.93. The predicted molar refractivity (Wildman–Crippen MR) is 58.1 cm³/mol. The Morgan fingerprint density at radius 1 is 1.23 bits per heavy atom. The highest BCUT2D eigenvalue weighted by molar-refractivity contribution is 7.07. The van der Waals surface area contributed by atoms with Gasteiger partial charge in [0.2, 0.25) is 0 Å². The first-order chi connectivity index (χ1) is 6.43. The molecule has 0 saturated heterocycles. The molecule has 0 spiro atoms. The monoisotopic (exact) mass is 192 g/mol. The SMILES string of the molecule is CNc1ccccc1.c1cscn1. The Bertz CT molecular complexity index is 275. The summed E-state index contributed by atoms with van der Waals surface area (Å²) < 4.78 is 0. The molecule has 0 bridgehead atoms. The average Bonchev–Trinajstić information content (AvgIpc) is 2.77. The van der Waals surface area contributed by atoms with Crippen LogP contribution in [-0.4, -0.2) is 12.0 Å². The summed E-state index contributed by atoms with van der Waals surface area (Å²) in [5.41, 5.74) is 2.95. The fourth-order valence-corrected chi connectivity index (χ4v) is 1.13. The minimum Gasteiger partial charge on any atom is -0.388 e. The lowest BCUT2D eigenvalue weighted by Crippen LogP contribution is -1.84. The van der Waals surface area contributed by atoms with Crippen LogP contribution >= 0.6 is 11.3 Å². The smallest absolute Gasteiger partial charge is 0.0791 e. The van der Waals surface area contributed by atoms with Crippen molar-refractivity contribution in [1.82, 2.24) is 4.98 Å². The Balaban J connectivity index is 0.000000145. The lowest BCUT2D eigenvalue weighted by atomic mass is 10.3. The van der Waals surface area contributed by atoms with Crippen molar-refractivity contribution in [3.8, 4) is 0 Å². The van der Waals surface area contributed by atoms with Gasteiger partial charge in [0.15, 0.2) is 0 Å². The molecule has 0 radical (unpaired) electrons. The van der Waals surface area contributed by atoms with Gasteiger partial charge in [0.05, 0.1) is 5.51 Å². The van der Waals surface area contributed by atoms with Crippen molar-refractivity contribution in [3.63, 3.8) is 0 Å². The van der Waals surface area contributed by atoms with Crippen LogP contribution in [-0.2, 0) is 0 Å². The standard InChI is InChI=1S/C7H9N.C3H3NS/c1-8-7-5-3-2-4-6-7;1-2-5-3-4-1/h2-6,8H,1H3;1-3H. The first-order valence-corrected chi connectivity index (χ1v) is 4.92. The van der Waals surface area contributed by atoms with Crippen molar-refractivity contribution >= 4 is 17.0 Å². The molecule has 2 nitrogen and oxygen atoms in total. The molecule has 1 aromatic heterocycles. The van der Waals surface area contributed by atoms with Gasteiger partial charge in [-0.15, -0.1) is 11.3 Å². The maximum absolute atomic E-state index is 3.74. The fourth-order valence-electron chi connectivity index (χ4n) is 0.781. The van der Waals surface area contributed by atoms with E-state index in [0.717, 1.165) is 5.69 Å². The Morgan fingerprint density at radius 2 is 2.00 bits per heavy atom. The number of benzene rings is 1. The van der Waals surface area contributed by atoms with Crippen LogP contribution in [0.1, 0.15) is 0 Å². The van der Waals surface area contributed by atoms with E-state index in [-0.39, 0.29) is 0 Å². The second kappa shape index (κ2) is 6.20. The van der Waals surface area contributed by atoms with Gasteiger partial charge in [-0.2, -0.15) is 0 Å². The second-order valence-corrected chi connectivity index (χ2v) is 3.05. The Morgan fingerprint density at radius 3 is 2.31 bits per heavy atom. The average molecular weight is 192 g/mol. The van der Waals surface area contributed by atoms with Gasteiger partial charge in [-0.3, -0.25) is 4.98 Å². The maximum atomic E-state index is 3.74. The predicted octanol–water partition coefficient (Wildman–Crippen LogP) is 2.87. The van der Waals surface area contributed by atoms with Crippen molar-refractivity contribution in [3.05, 3.63) is 47.4 Å². The topological polar surface area (TPSA) is 24.9 Å². The van der Waals surface area contributed by atoms with Crippen LogP contribution in [0.4, 0.5) is 5.69 Å². The summed E-state index contributed by atoms with van der Waals surface area (Å²) >= 11 is 1.60. The molecule has 68 valence electrons. The number of rotatable bonds is 1. The molecule has 2 rings (SSSR count). The number of para-hydroxylation sites is 1. The van der Waals surface area contributed by atoms with Crippen LogP contribution in [0, 0.1) is 0 Å². The summed E-state index contributed by atoms with van der Waals surface area (Å²) in [6.45, 7) is 0. The molecule has 2 aromatic rings. The molecule has 0 atom stereocenters. The van der Waals surface area contributed by atoms with Crippen molar-refractivity contribution in [2.24, 2.45) is 0 Å². The molecular formula is C10H12N2S. The molecule has 0 aliphatic rings. The van der Waals surface area contributed by atoms with E-state index < -0.39 is 0 Å². The zero-order chi connectivity index (χ0) is 9.36. The number of nitrogens with zero attached hydrogens (tertiary/aromatic N) is 1. The van der Waals surface area contributed by atoms with Gasteiger partial charge in [-0.25, -0.2) is 0 Å². The van der Waals surface area contributed by atoms with E-state index in [1.165, 1.54) is 0 Å². The van der Waals surface area contributed by atoms with Crippen LogP contribution < -0.4 is 5.32 Å². The van der Waals surface area contributed by atoms with Crippen LogP contribution in [0.15, 0.2) is 47.4 Å². The summed E-state index contributed by atoms with van der Waals surface area (Å²) in [5, 5.41) is 4.96. The number of anilines is 1. The first-order valence-electron chi connectivity index (χ1n) is 3.98. The Kier molecular flexibility index (Phi) is 4.64. The van der Waals surface area contributed by atoms with Crippen molar-refractivity contribution in [2.45, 2.75) is 0 Å². The van der Waals surface area contributed by atoms with Crippen molar-refractivity contribution in [1.29, 1.82) is 0 Å². The van der Waals surface area contributed by atoms with E-state index in [1.807, 2.05) is 42.8 Å². The molecule has 13 heavy (non-hydrogen) atoms. The first kappa shape index (κ1) is 9.74. The summed E-state index contributed by atoms with van der Waals surface area (Å²) in [6, 6.07) is 10.1. The molecule has 1 aromatic carbocycles. The minimum absolute atomic E-state index is 1.16. The van der Waals surface area contributed by atoms with Gasteiger partial charge >= 0.3 is 0 Å². The van der Waals surface area contributed by atoms with Gasteiger partial charge in [-0.1, -0.05) is 18.2 Å². The van der Waals surface area contributed by atoms with Gasteiger partial charge in [-0.05, 0) is 12.1 Å². The summed E-state index contributed by atoms with van der Waals surface area (Å²) in [7, 11) is 1.91. The molecule has 0 aliphatic heterocycles. The van der Waals surface area contributed by atoms with Crippen molar-refractivity contribution in [2.75, 3.05) is 12.4 Å². The van der Waals surface area contributed by atoms with Gasteiger partial charge in [0.1, 0.15) is 0 Å². The van der Waals surface area contributed by atoms with E-state index in [9.17, 15) is 0 Å². The highest BCUT2D eigenvalue weighted by atomic mass is 32.1. The van der Waals surface area contributed by atoms with Gasteiger partial charge < -0.3 is 5.32 Å². The van der Waals surface area contributed by atoms with Gasteiger partial charge in [0, 0.05) is 24.3 Å². The van der Waals surface area contributed by atoms with Crippen molar-refractivity contribution < 1.29 is 0 Å². The highest BCUT2D eigenvalue weighted by Gasteiger charge is 1.77. The van der Waals surface area contributed by atoms with Crippen LogP contribution in [0.2, 0.25) is 0 Å². The second-order valence-electron chi connectivity index (χ2n) is 2.29. The van der Waals surface area contributed by atoms with Crippen LogP contribution in [0.5, 0.6) is 0 Å². The lowest BCUT2D eigenvalue weighted by molar-refractivity contribution is 1.43. The summed E-state index contributed by atoms with van der Waals surface area (Å²) in [6.07, 6.45) is 1.77. The zero-order valence-corrected chi connectivity index (χ0v) is 8.29. The van der Waals surface area contributed by atoms with Gasteiger partial charge in [0.25, 0.3) is 0 Å². The molecule has 0 amide bonds.